The van der Waals surface area contributed by atoms with Crippen LogP contribution >= 0.6 is 0 Å². The number of sulfonamides is 1. The molecule has 0 aromatic rings. The normalized spacial score (nSPS) is 20.0. The Morgan fingerprint density at radius 3 is 2.89 bits per heavy atom. The molecule has 1 unspecified atom stereocenters. The fourth-order valence-electron chi connectivity index (χ4n) is 2.08. The highest BCUT2D eigenvalue weighted by Gasteiger charge is 2.23. The molecule has 0 aromatic carbocycles. The summed E-state index contributed by atoms with van der Waals surface area (Å²) < 4.78 is 24.6. The van der Waals surface area contributed by atoms with E-state index < -0.39 is 10.0 Å². The fourth-order valence-corrected chi connectivity index (χ4v) is 2.62. The first-order valence-electron chi connectivity index (χ1n) is 6.29. The molecule has 0 radical (unpaired) electrons. The molecular formula is C12H21N3O3S. The minimum atomic E-state index is -3.17. The van der Waals surface area contributed by atoms with Gasteiger partial charge in [-0.15, -0.1) is 6.42 Å². The number of hydrogen-bond acceptors (Lipinski definition) is 4. The smallest absolute Gasteiger partial charge is 0.236 e. The van der Waals surface area contributed by atoms with E-state index in [-0.39, 0.29) is 18.4 Å². The quantitative estimate of drug-likeness (QED) is 0.485. The molecule has 1 saturated heterocycles. The van der Waals surface area contributed by atoms with Crippen LogP contribution in [0.4, 0.5) is 0 Å². The fraction of sp³-hybridized carbons (Fsp3) is 0.750. The van der Waals surface area contributed by atoms with Crippen LogP contribution < -0.4 is 10.0 Å². The lowest BCUT2D eigenvalue weighted by Crippen LogP contribution is -2.46. The number of piperidine rings is 1. The van der Waals surface area contributed by atoms with E-state index in [1.54, 1.807) is 4.90 Å². The van der Waals surface area contributed by atoms with E-state index in [9.17, 15) is 13.2 Å². The van der Waals surface area contributed by atoms with E-state index >= 15 is 0 Å². The van der Waals surface area contributed by atoms with Gasteiger partial charge in [0, 0.05) is 19.6 Å². The number of likely N-dealkylation sites (tertiary alicyclic amines) is 1. The van der Waals surface area contributed by atoms with Crippen LogP contribution in [-0.2, 0) is 14.8 Å². The van der Waals surface area contributed by atoms with Crippen LogP contribution in [-0.4, -0.2) is 58.2 Å². The third-order valence-corrected chi connectivity index (χ3v) is 3.70. The third kappa shape index (κ3) is 6.57. The molecule has 0 aromatic heterocycles. The van der Waals surface area contributed by atoms with E-state index in [1.807, 2.05) is 0 Å². The number of nitrogens with zero attached hydrogens (tertiary/aromatic N) is 1. The van der Waals surface area contributed by atoms with Crippen LogP contribution in [0.2, 0.25) is 0 Å². The average molecular weight is 287 g/mol. The van der Waals surface area contributed by atoms with Gasteiger partial charge in [0.05, 0.1) is 19.3 Å². The molecular weight excluding hydrogens is 266 g/mol. The molecule has 108 valence electrons. The number of hydrogen-bond donors (Lipinski definition) is 2. The number of nitrogens with one attached hydrogen (secondary N) is 2. The zero-order chi connectivity index (χ0) is 14.3. The van der Waals surface area contributed by atoms with Crippen molar-refractivity contribution in [2.45, 2.75) is 12.8 Å². The van der Waals surface area contributed by atoms with Gasteiger partial charge in [-0.25, -0.2) is 13.1 Å². The molecule has 7 heteroatoms. The van der Waals surface area contributed by atoms with E-state index in [0.717, 1.165) is 25.6 Å². The highest BCUT2D eigenvalue weighted by Crippen LogP contribution is 2.15. The van der Waals surface area contributed by atoms with E-state index in [2.05, 4.69) is 16.0 Å². The maximum Gasteiger partial charge on any atom is 0.236 e. The summed E-state index contributed by atoms with van der Waals surface area (Å²) >= 11 is 0. The lowest BCUT2D eigenvalue weighted by atomic mass is 9.98. The Hall–Kier alpha value is -1.10. The zero-order valence-corrected chi connectivity index (χ0v) is 12.0. The van der Waals surface area contributed by atoms with Crippen LogP contribution in [0.3, 0.4) is 0 Å². The van der Waals surface area contributed by atoms with Crippen molar-refractivity contribution in [3.8, 4) is 12.3 Å². The topological polar surface area (TPSA) is 78.5 Å². The van der Waals surface area contributed by atoms with Gasteiger partial charge in [0.15, 0.2) is 0 Å². The molecule has 1 amide bonds. The molecule has 19 heavy (non-hydrogen) atoms. The van der Waals surface area contributed by atoms with Gasteiger partial charge in [0.2, 0.25) is 15.9 Å². The summed E-state index contributed by atoms with van der Waals surface area (Å²) in [6, 6.07) is 0. The Balaban J connectivity index is 2.37. The average Bonchev–Trinajstić information content (AvgIpc) is 2.36. The van der Waals surface area contributed by atoms with Gasteiger partial charge in [-0.3, -0.25) is 10.1 Å². The molecule has 1 atom stereocenters. The van der Waals surface area contributed by atoms with E-state index in [0.29, 0.717) is 19.6 Å². The van der Waals surface area contributed by atoms with Crippen LogP contribution in [0.1, 0.15) is 12.8 Å². The first-order valence-corrected chi connectivity index (χ1v) is 8.18. The minimum Gasteiger partial charge on any atom is -0.341 e. The first-order chi connectivity index (χ1) is 8.92. The van der Waals surface area contributed by atoms with Crippen LogP contribution in [0.25, 0.3) is 0 Å². The van der Waals surface area contributed by atoms with Gasteiger partial charge in [0.25, 0.3) is 0 Å². The summed E-state index contributed by atoms with van der Waals surface area (Å²) in [5, 5.41) is 2.86. The first kappa shape index (κ1) is 16.0. The largest absolute Gasteiger partial charge is 0.341 e. The molecule has 0 bridgehead atoms. The van der Waals surface area contributed by atoms with Crippen molar-refractivity contribution in [3.63, 3.8) is 0 Å². The van der Waals surface area contributed by atoms with Gasteiger partial charge < -0.3 is 4.90 Å². The Labute approximate surface area is 115 Å². The molecule has 0 aliphatic carbocycles. The lowest BCUT2D eigenvalue weighted by molar-refractivity contribution is -0.131. The van der Waals surface area contributed by atoms with Gasteiger partial charge in [-0.05, 0) is 18.8 Å². The monoisotopic (exact) mass is 287 g/mol. The molecule has 1 fully saturated rings. The van der Waals surface area contributed by atoms with Crippen LogP contribution in [0, 0.1) is 18.3 Å². The summed E-state index contributed by atoms with van der Waals surface area (Å²) in [5.41, 5.74) is 0. The zero-order valence-electron chi connectivity index (χ0n) is 11.2. The van der Waals surface area contributed by atoms with Crippen molar-refractivity contribution in [2.75, 3.05) is 39.0 Å². The van der Waals surface area contributed by atoms with Crippen molar-refractivity contribution >= 4 is 15.9 Å². The Morgan fingerprint density at radius 2 is 2.26 bits per heavy atom. The molecule has 2 N–H and O–H groups in total. The van der Waals surface area contributed by atoms with E-state index in [1.165, 1.54) is 0 Å². The van der Waals surface area contributed by atoms with Crippen molar-refractivity contribution < 1.29 is 13.2 Å². The summed E-state index contributed by atoms with van der Waals surface area (Å²) in [6.45, 7) is 2.32. The highest BCUT2D eigenvalue weighted by molar-refractivity contribution is 7.88. The number of amides is 1. The molecule has 0 spiro atoms. The molecule has 1 aliphatic heterocycles. The van der Waals surface area contributed by atoms with Gasteiger partial charge >= 0.3 is 0 Å². The second-order valence-electron chi connectivity index (χ2n) is 4.78. The molecule has 1 heterocycles. The maximum atomic E-state index is 11.9. The lowest BCUT2D eigenvalue weighted by Gasteiger charge is -2.32. The molecule has 6 nitrogen and oxygen atoms in total. The second kappa shape index (κ2) is 7.48. The summed E-state index contributed by atoms with van der Waals surface area (Å²) in [7, 11) is -3.17. The summed E-state index contributed by atoms with van der Waals surface area (Å²) in [5.74, 6) is 2.61. The van der Waals surface area contributed by atoms with Crippen LogP contribution in [0.5, 0.6) is 0 Å². The second-order valence-corrected chi connectivity index (χ2v) is 6.61. The maximum absolute atomic E-state index is 11.9. The van der Waals surface area contributed by atoms with Gasteiger partial charge in [0.1, 0.15) is 0 Å². The number of rotatable bonds is 6. The molecule has 1 aliphatic rings. The van der Waals surface area contributed by atoms with E-state index in [4.69, 9.17) is 6.42 Å². The van der Waals surface area contributed by atoms with Crippen molar-refractivity contribution in [1.82, 2.24) is 14.9 Å². The summed E-state index contributed by atoms with van der Waals surface area (Å²) in [6.07, 6.45) is 8.07. The minimum absolute atomic E-state index is 0.0132. The standard InChI is InChI=1S/C12H21N3O3S/c1-3-6-13-9-12(16)15-7-4-5-11(10-15)8-14-19(2,17)18/h1,11,13-14H,4-10H2,2H3. The van der Waals surface area contributed by atoms with Crippen molar-refractivity contribution in [2.24, 2.45) is 5.92 Å². The molecule has 0 saturated carbocycles. The Morgan fingerprint density at radius 1 is 1.53 bits per heavy atom. The third-order valence-electron chi connectivity index (χ3n) is 3.01. The van der Waals surface area contributed by atoms with Gasteiger partial charge in [-0.1, -0.05) is 5.92 Å². The Kier molecular flexibility index (Phi) is 6.28. The Bertz CT molecular complexity index is 442. The van der Waals surface area contributed by atoms with Crippen molar-refractivity contribution in [3.05, 3.63) is 0 Å². The predicted octanol–water partition coefficient (Wildman–Crippen LogP) is -1.00. The molecule has 1 rings (SSSR count). The van der Waals surface area contributed by atoms with Gasteiger partial charge in [-0.2, -0.15) is 0 Å². The van der Waals surface area contributed by atoms with Crippen LogP contribution in [0.15, 0.2) is 0 Å². The highest BCUT2D eigenvalue weighted by atomic mass is 32.2. The predicted molar refractivity (Wildman–Crippen MR) is 73.9 cm³/mol. The van der Waals surface area contributed by atoms with Crippen molar-refractivity contribution in [1.29, 1.82) is 0 Å². The number of carbonyl (C=O) groups excluding carboxylic acids is 1. The SMILES string of the molecule is C#CCNCC(=O)N1CCCC(CNS(C)(=O)=O)C1. The summed E-state index contributed by atoms with van der Waals surface area (Å²) in [4.78, 5) is 13.6. The number of terminal acetylenes is 1. The number of carbonyl (C=O) groups is 1.